The highest BCUT2D eigenvalue weighted by Crippen LogP contribution is 2.27. The van der Waals surface area contributed by atoms with Crippen LogP contribution in [0.25, 0.3) is 0 Å². The minimum Gasteiger partial charge on any atom is -0.452 e. The molecule has 2 aromatic carbocycles. The molecular weight excluding hydrogens is 456 g/mol. The molecular formula is C22H25ClN2O6S. The molecule has 0 radical (unpaired) electrons. The highest BCUT2D eigenvalue weighted by atomic mass is 35.5. The number of halogens is 1. The second-order valence-corrected chi connectivity index (χ2v) is 9.64. The molecule has 1 fully saturated rings. The summed E-state index contributed by atoms with van der Waals surface area (Å²) in [6.07, 6.45) is 0. The van der Waals surface area contributed by atoms with Crippen molar-refractivity contribution in [2.45, 2.75) is 17.9 Å². The fourth-order valence-corrected chi connectivity index (χ4v) is 5.15. The molecule has 0 spiro atoms. The third kappa shape index (κ3) is 5.47. The number of likely N-dealkylation sites (N-methyl/N-ethyl adjacent to an activating group) is 1. The largest absolute Gasteiger partial charge is 0.452 e. The highest BCUT2D eigenvalue weighted by molar-refractivity contribution is 7.89. The molecule has 0 saturated carbocycles. The molecule has 0 aromatic heterocycles. The van der Waals surface area contributed by atoms with Gasteiger partial charge in [0.2, 0.25) is 10.0 Å². The van der Waals surface area contributed by atoms with Crippen molar-refractivity contribution in [2.24, 2.45) is 0 Å². The van der Waals surface area contributed by atoms with Crippen LogP contribution in [0.5, 0.6) is 0 Å². The number of morpholine rings is 1. The first kappa shape index (κ1) is 24.2. The Morgan fingerprint density at radius 3 is 2.47 bits per heavy atom. The van der Waals surface area contributed by atoms with Gasteiger partial charge in [0.05, 0.1) is 29.8 Å². The smallest absolute Gasteiger partial charge is 0.338 e. The predicted octanol–water partition coefficient (Wildman–Crippen LogP) is 2.74. The third-order valence-corrected chi connectivity index (χ3v) is 7.72. The molecule has 10 heteroatoms. The molecule has 32 heavy (non-hydrogen) atoms. The maximum absolute atomic E-state index is 12.9. The summed E-state index contributed by atoms with van der Waals surface area (Å²) >= 11 is 6.12. The van der Waals surface area contributed by atoms with Crippen molar-refractivity contribution in [1.82, 2.24) is 9.21 Å². The number of amides is 1. The zero-order valence-electron chi connectivity index (χ0n) is 17.9. The molecule has 0 bridgehead atoms. The van der Waals surface area contributed by atoms with E-state index in [4.69, 9.17) is 21.1 Å². The van der Waals surface area contributed by atoms with Crippen molar-refractivity contribution in [2.75, 3.05) is 40.0 Å². The fraction of sp³-hybridized carbons (Fsp3) is 0.364. The lowest BCUT2D eigenvalue weighted by Crippen LogP contribution is -2.40. The number of ether oxygens (including phenoxy) is 2. The number of hydrogen-bond acceptors (Lipinski definition) is 6. The fourth-order valence-electron chi connectivity index (χ4n) is 3.24. The average Bonchev–Trinajstić information content (AvgIpc) is 2.82. The molecule has 0 N–H and O–H groups in total. The molecule has 1 aliphatic rings. The van der Waals surface area contributed by atoms with Crippen LogP contribution in [0.4, 0.5) is 0 Å². The SMILES string of the molecule is CC(c1ccccc1)N(C)C(=O)COC(=O)c1ccc(Cl)c(S(=O)(=O)N2CCOCC2)c1. The topological polar surface area (TPSA) is 93.2 Å². The van der Waals surface area contributed by atoms with E-state index in [0.717, 1.165) is 5.56 Å². The van der Waals surface area contributed by atoms with E-state index in [-0.39, 0.29) is 53.7 Å². The van der Waals surface area contributed by atoms with E-state index < -0.39 is 22.6 Å². The summed E-state index contributed by atoms with van der Waals surface area (Å²) in [5.41, 5.74) is 0.943. The van der Waals surface area contributed by atoms with Gasteiger partial charge in [-0.05, 0) is 30.7 Å². The van der Waals surface area contributed by atoms with E-state index in [0.29, 0.717) is 0 Å². The van der Waals surface area contributed by atoms with Gasteiger partial charge in [0.15, 0.2) is 6.61 Å². The molecule has 172 valence electrons. The number of rotatable bonds is 7. The minimum absolute atomic E-state index is 0.000498. The third-order valence-electron chi connectivity index (χ3n) is 5.34. The lowest BCUT2D eigenvalue weighted by molar-refractivity contribution is -0.135. The summed E-state index contributed by atoms with van der Waals surface area (Å²) < 4.78 is 37.4. The molecule has 1 amide bonds. The predicted molar refractivity (Wildman–Crippen MR) is 119 cm³/mol. The first-order valence-corrected chi connectivity index (χ1v) is 11.9. The van der Waals surface area contributed by atoms with Crippen LogP contribution < -0.4 is 0 Å². The van der Waals surface area contributed by atoms with Gasteiger partial charge in [0.25, 0.3) is 5.91 Å². The van der Waals surface area contributed by atoms with Crippen molar-refractivity contribution in [3.63, 3.8) is 0 Å². The van der Waals surface area contributed by atoms with Crippen LogP contribution in [0, 0.1) is 0 Å². The second-order valence-electron chi connectivity index (χ2n) is 7.33. The molecule has 2 aromatic rings. The van der Waals surface area contributed by atoms with Crippen LogP contribution >= 0.6 is 11.6 Å². The Morgan fingerprint density at radius 1 is 1.16 bits per heavy atom. The zero-order chi connectivity index (χ0) is 23.3. The van der Waals surface area contributed by atoms with Gasteiger partial charge in [0, 0.05) is 20.1 Å². The van der Waals surface area contributed by atoms with Crippen molar-refractivity contribution < 1.29 is 27.5 Å². The Kier molecular flexibility index (Phi) is 7.89. The van der Waals surface area contributed by atoms with Crippen LogP contribution in [-0.2, 0) is 24.3 Å². The van der Waals surface area contributed by atoms with Crippen LogP contribution in [-0.4, -0.2) is 69.5 Å². The normalized spacial score (nSPS) is 15.7. The van der Waals surface area contributed by atoms with Crippen LogP contribution in [0.2, 0.25) is 5.02 Å². The molecule has 3 rings (SSSR count). The standard InChI is InChI=1S/C22H25ClN2O6S/c1-16(17-6-4-3-5-7-17)24(2)21(26)15-31-22(27)18-8-9-19(23)20(14-18)32(28,29)25-10-12-30-13-11-25/h3-9,14,16H,10-13,15H2,1-2H3. The van der Waals surface area contributed by atoms with Gasteiger partial charge in [-0.2, -0.15) is 4.31 Å². The van der Waals surface area contributed by atoms with Gasteiger partial charge >= 0.3 is 5.97 Å². The van der Waals surface area contributed by atoms with Crippen LogP contribution in [0.1, 0.15) is 28.9 Å². The molecule has 8 nitrogen and oxygen atoms in total. The number of nitrogens with zero attached hydrogens (tertiary/aromatic N) is 2. The molecule has 1 aliphatic heterocycles. The Morgan fingerprint density at radius 2 is 1.81 bits per heavy atom. The summed E-state index contributed by atoms with van der Waals surface area (Å²) in [6.45, 7) is 2.38. The van der Waals surface area contributed by atoms with Gasteiger partial charge in [-0.25, -0.2) is 13.2 Å². The molecule has 1 unspecified atom stereocenters. The number of esters is 1. The quantitative estimate of drug-likeness (QED) is 0.566. The van der Waals surface area contributed by atoms with Gasteiger partial charge in [-0.3, -0.25) is 4.79 Å². The van der Waals surface area contributed by atoms with Crippen molar-refractivity contribution in [1.29, 1.82) is 0 Å². The maximum atomic E-state index is 12.9. The number of hydrogen-bond donors (Lipinski definition) is 0. The summed E-state index contributed by atoms with van der Waals surface area (Å²) in [7, 11) is -2.27. The summed E-state index contributed by atoms with van der Waals surface area (Å²) in [4.78, 5) is 26.3. The highest BCUT2D eigenvalue weighted by Gasteiger charge is 2.29. The van der Waals surface area contributed by atoms with Crippen molar-refractivity contribution in [3.05, 3.63) is 64.7 Å². The number of sulfonamides is 1. The Labute approximate surface area is 192 Å². The Bertz CT molecular complexity index is 1070. The lowest BCUT2D eigenvalue weighted by atomic mass is 10.1. The van der Waals surface area contributed by atoms with E-state index >= 15 is 0 Å². The molecule has 1 atom stereocenters. The van der Waals surface area contributed by atoms with E-state index in [2.05, 4.69) is 0 Å². The van der Waals surface area contributed by atoms with Gasteiger partial charge in [-0.1, -0.05) is 41.9 Å². The summed E-state index contributed by atoms with van der Waals surface area (Å²) in [5, 5.41) is 0.000498. The van der Waals surface area contributed by atoms with Crippen molar-refractivity contribution in [3.8, 4) is 0 Å². The number of carbonyl (C=O) groups is 2. The average molecular weight is 481 g/mol. The van der Waals surface area contributed by atoms with Gasteiger partial charge < -0.3 is 14.4 Å². The maximum Gasteiger partial charge on any atom is 0.338 e. The minimum atomic E-state index is -3.90. The number of carbonyl (C=O) groups excluding carboxylic acids is 2. The van der Waals surface area contributed by atoms with E-state index in [1.54, 1.807) is 7.05 Å². The van der Waals surface area contributed by atoms with Crippen LogP contribution in [0.15, 0.2) is 53.4 Å². The summed E-state index contributed by atoms with van der Waals surface area (Å²) in [5.74, 6) is -1.20. The molecule has 0 aliphatic carbocycles. The van der Waals surface area contributed by atoms with Gasteiger partial charge in [-0.15, -0.1) is 0 Å². The first-order valence-electron chi connectivity index (χ1n) is 10.1. The van der Waals surface area contributed by atoms with Crippen molar-refractivity contribution >= 4 is 33.5 Å². The van der Waals surface area contributed by atoms with E-state index in [1.165, 1.54) is 27.4 Å². The van der Waals surface area contributed by atoms with Gasteiger partial charge in [0.1, 0.15) is 4.90 Å². The van der Waals surface area contributed by atoms with E-state index in [9.17, 15) is 18.0 Å². The Hall–Kier alpha value is -2.46. The monoisotopic (exact) mass is 480 g/mol. The number of benzene rings is 2. The Balaban J connectivity index is 1.68. The van der Waals surface area contributed by atoms with E-state index in [1.807, 2.05) is 37.3 Å². The molecule has 1 heterocycles. The van der Waals surface area contributed by atoms with Crippen LogP contribution in [0.3, 0.4) is 0 Å². The zero-order valence-corrected chi connectivity index (χ0v) is 19.4. The lowest BCUT2D eigenvalue weighted by Gasteiger charge is -2.26. The first-order chi connectivity index (χ1) is 15.2. The second kappa shape index (κ2) is 10.4. The molecule has 1 saturated heterocycles. The summed E-state index contributed by atoms with van der Waals surface area (Å²) in [6, 6.07) is 13.1.